The van der Waals surface area contributed by atoms with Crippen LogP contribution in [0, 0.1) is 0 Å². The van der Waals surface area contributed by atoms with Gasteiger partial charge in [-0.1, -0.05) is 12.1 Å². The maximum atomic E-state index is 13.0. The topological polar surface area (TPSA) is 113 Å². The molecule has 166 valence electrons. The van der Waals surface area contributed by atoms with E-state index in [0.29, 0.717) is 25.7 Å². The minimum Gasteiger partial charge on any atom is -0.382 e. The van der Waals surface area contributed by atoms with Crippen LogP contribution >= 0.6 is 0 Å². The van der Waals surface area contributed by atoms with Crippen LogP contribution in [-0.4, -0.2) is 42.8 Å². The Kier molecular flexibility index (Phi) is 5.87. The lowest BCUT2D eigenvalue weighted by molar-refractivity contribution is 0.102. The van der Waals surface area contributed by atoms with Crippen molar-refractivity contribution in [2.24, 2.45) is 14.1 Å². The number of fused-ring (bicyclic) bond motifs is 2. The van der Waals surface area contributed by atoms with Gasteiger partial charge in [-0.15, -0.1) is 0 Å². The summed E-state index contributed by atoms with van der Waals surface area (Å²) in [5, 5.41) is 3.08. The fourth-order valence-corrected chi connectivity index (χ4v) is 3.61. The van der Waals surface area contributed by atoms with Crippen LogP contribution < -0.4 is 16.6 Å². The van der Waals surface area contributed by atoms with Gasteiger partial charge in [0.2, 0.25) is 5.95 Å². The molecule has 0 aliphatic carbocycles. The number of hydrogen-bond acceptors (Lipinski definition) is 6. The molecule has 4 rings (SSSR count). The number of anilines is 1. The summed E-state index contributed by atoms with van der Waals surface area (Å²) in [6.45, 7) is 3.81. The molecule has 1 aromatic carbocycles. The smallest absolute Gasteiger partial charge is 0.332 e. The quantitative estimate of drug-likeness (QED) is 0.441. The first-order chi connectivity index (χ1) is 15.4. The van der Waals surface area contributed by atoms with Crippen molar-refractivity contribution in [2.75, 3.05) is 18.5 Å². The van der Waals surface area contributed by atoms with Crippen molar-refractivity contribution in [1.29, 1.82) is 0 Å². The third-order valence-corrected chi connectivity index (χ3v) is 5.29. The minimum atomic E-state index is -0.511. The van der Waals surface area contributed by atoms with Gasteiger partial charge in [0, 0.05) is 33.9 Å². The zero-order valence-corrected chi connectivity index (χ0v) is 18.2. The molecule has 1 amide bonds. The minimum absolute atomic E-state index is 0.0775. The predicted molar refractivity (Wildman–Crippen MR) is 121 cm³/mol. The summed E-state index contributed by atoms with van der Waals surface area (Å²) >= 11 is 0. The maximum absolute atomic E-state index is 13.0. The fraction of sp³-hybridized carbons (Fsp3) is 0.318. The molecule has 0 saturated carbocycles. The number of amides is 1. The highest BCUT2D eigenvalue weighted by atomic mass is 16.5. The molecule has 0 spiro atoms. The number of para-hydroxylation sites is 2. The van der Waals surface area contributed by atoms with E-state index in [-0.39, 0.29) is 16.7 Å². The number of aryl methyl sites for hydroxylation is 2. The summed E-state index contributed by atoms with van der Waals surface area (Å²) in [4.78, 5) is 46.4. The van der Waals surface area contributed by atoms with Gasteiger partial charge in [0.25, 0.3) is 11.5 Å². The predicted octanol–water partition coefficient (Wildman–Crippen LogP) is 1.66. The fourth-order valence-electron chi connectivity index (χ4n) is 3.61. The van der Waals surface area contributed by atoms with Crippen molar-refractivity contribution < 1.29 is 9.53 Å². The molecular weight excluding hydrogens is 412 g/mol. The van der Waals surface area contributed by atoms with Crippen LogP contribution in [0.15, 0.2) is 46.0 Å². The first-order valence-corrected chi connectivity index (χ1v) is 10.3. The van der Waals surface area contributed by atoms with Crippen molar-refractivity contribution in [3.05, 3.63) is 62.9 Å². The number of rotatable bonds is 7. The van der Waals surface area contributed by atoms with Crippen molar-refractivity contribution in [2.45, 2.75) is 19.9 Å². The van der Waals surface area contributed by atoms with E-state index >= 15 is 0 Å². The van der Waals surface area contributed by atoms with E-state index in [2.05, 4.69) is 15.3 Å². The highest BCUT2D eigenvalue weighted by Gasteiger charge is 2.17. The Balaban J connectivity index is 1.69. The molecule has 3 heterocycles. The number of aromatic nitrogens is 5. The van der Waals surface area contributed by atoms with Gasteiger partial charge < -0.3 is 9.30 Å². The van der Waals surface area contributed by atoms with Crippen molar-refractivity contribution in [1.82, 2.24) is 23.7 Å². The Bertz CT molecular complexity index is 1430. The number of ether oxygens (including phenoxy) is 1. The van der Waals surface area contributed by atoms with E-state index in [1.807, 2.05) is 35.8 Å². The summed E-state index contributed by atoms with van der Waals surface area (Å²) in [5.41, 5.74) is 0.917. The normalized spacial score (nSPS) is 11.3. The van der Waals surface area contributed by atoms with E-state index in [0.717, 1.165) is 22.0 Å². The number of benzene rings is 1. The molecule has 4 aromatic rings. The van der Waals surface area contributed by atoms with Gasteiger partial charge in [-0.25, -0.2) is 14.8 Å². The lowest BCUT2D eigenvalue weighted by Crippen LogP contribution is -2.37. The summed E-state index contributed by atoms with van der Waals surface area (Å²) in [7, 11) is 2.91. The molecule has 0 aliphatic rings. The van der Waals surface area contributed by atoms with Crippen LogP contribution in [0.25, 0.3) is 22.1 Å². The van der Waals surface area contributed by atoms with E-state index in [1.54, 1.807) is 0 Å². The van der Waals surface area contributed by atoms with Crippen molar-refractivity contribution in [3.63, 3.8) is 0 Å². The van der Waals surface area contributed by atoms with Crippen LogP contribution in [0.3, 0.4) is 0 Å². The summed E-state index contributed by atoms with van der Waals surface area (Å²) < 4.78 is 9.61. The molecule has 10 nitrogen and oxygen atoms in total. The second-order valence-electron chi connectivity index (χ2n) is 7.35. The van der Waals surface area contributed by atoms with Crippen LogP contribution in [0.4, 0.5) is 5.95 Å². The molecule has 32 heavy (non-hydrogen) atoms. The summed E-state index contributed by atoms with van der Waals surface area (Å²) in [6.07, 6.45) is 0.761. The van der Waals surface area contributed by atoms with Crippen LogP contribution in [0.1, 0.15) is 23.8 Å². The van der Waals surface area contributed by atoms with E-state index < -0.39 is 17.2 Å². The molecule has 0 bridgehead atoms. The molecule has 0 fully saturated rings. The van der Waals surface area contributed by atoms with Gasteiger partial charge in [0.15, 0.2) is 0 Å². The Morgan fingerprint density at radius 2 is 1.84 bits per heavy atom. The maximum Gasteiger partial charge on any atom is 0.332 e. The van der Waals surface area contributed by atoms with Crippen LogP contribution in [0.2, 0.25) is 0 Å². The Labute approximate surface area is 183 Å². The summed E-state index contributed by atoms with van der Waals surface area (Å²) in [6, 6.07) is 10.6. The van der Waals surface area contributed by atoms with E-state index in [1.165, 1.54) is 30.8 Å². The van der Waals surface area contributed by atoms with Gasteiger partial charge >= 0.3 is 5.69 Å². The number of nitrogens with one attached hydrogen (secondary N) is 1. The summed E-state index contributed by atoms with van der Waals surface area (Å²) in [5.74, 6) is -0.0890. The third-order valence-electron chi connectivity index (χ3n) is 5.29. The van der Waals surface area contributed by atoms with Crippen molar-refractivity contribution in [3.8, 4) is 0 Å². The average molecular weight is 436 g/mol. The molecule has 1 N–H and O–H groups in total. The number of carbonyl (C=O) groups is 1. The average Bonchev–Trinajstić information content (AvgIpc) is 3.15. The molecule has 10 heteroatoms. The van der Waals surface area contributed by atoms with Crippen LogP contribution in [0.5, 0.6) is 0 Å². The highest BCUT2D eigenvalue weighted by Crippen LogP contribution is 2.21. The molecule has 0 radical (unpaired) electrons. The van der Waals surface area contributed by atoms with E-state index in [4.69, 9.17) is 4.74 Å². The second kappa shape index (κ2) is 8.75. The zero-order valence-electron chi connectivity index (χ0n) is 18.2. The molecule has 0 atom stereocenters. The zero-order chi connectivity index (χ0) is 22.8. The molecule has 3 aromatic heterocycles. The third kappa shape index (κ3) is 3.80. The first-order valence-electron chi connectivity index (χ1n) is 10.3. The van der Waals surface area contributed by atoms with Gasteiger partial charge in [0.1, 0.15) is 11.3 Å². The number of pyridine rings is 1. The molecular formula is C22H24N6O4. The Morgan fingerprint density at radius 1 is 1.06 bits per heavy atom. The van der Waals surface area contributed by atoms with Crippen LogP contribution in [-0.2, 0) is 25.4 Å². The number of hydrogen-bond donors (Lipinski definition) is 1. The number of carbonyl (C=O) groups excluding carboxylic acids is 1. The van der Waals surface area contributed by atoms with Gasteiger partial charge in [0.05, 0.1) is 16.4 Å². The van der Waals surface area contributed by atoms with Gasteiger partial charge in [-0.05, 0) is 37.6 Å². The highest BCUT2D eigenvalue weighted by molar-refractivity contribution is 6.03. The number of nitrogens with zero attached hydrogens (tertiary/aromatic N) is 5. The SMILES string of the molecule is CCOCCCn1c(NC(=O)c2ccc3c(=O)n(C)c(=O)n(C)c3n2)nc2ccccc21. The second-order valence-corrected chi connectivity index (χ2v) is 7.35. The molecule has 0 aliphatic heterocycles. The van der Waals surface area contributed by atoms with Gasteiger partial charge in [-0.3, -0.25) is 24.0 Å². The number of imidazole rings is 1. The largest absolute Gasteiger partial charge is 0.382 e. The van der Waals surface area contributed by atoms with E-state index in [9.17, 15) is 14.4 Å². The first kappa shape index (κ1) is 21.4. The molecule has 0 unspecified atom stereocenters. The monoisotopic (exact) mass is 436 g/mol. The Hall–Kier alpha value is -3.79. The standard InChI is InChI=1S/C22H24N6O4/c1-4-32-13-7-12-28-17-9-6-5-8-15(17)24-21(28)25-19(29)16-11-10-14-18(23-16)26(2)22(31)27(3)20(14)30/h5-6,8-11H,4,7,12-13H2,1-3H3,(H,24,25,29). The lowest BCUT2D eigenvalue weighted by Gasteiger charge is -2.11. The molecule has 0 saturated heterocycles. The van der Waals surface area contributed by atoms with Gasteiger partial charge in [-0.2, -0.15) is 0 Å². The Morgan fingerprint density at radius 3 is 2.62 bits per heavy atom. The van der Waals surface area contributed by atoms with Crippen molar-refractivity contribution >= 4 is 33.9 Å². The lowest BCUT2D eigenvalue weighted by atomic mass is 10.2.